The molecule has 104 valence electrons. The van der Waals surface area contributed by atoms with Gasteiger partial charge in [0, 0.05) is 17.1 Å². The number of ether oxygens (including phenoxy) is 1. The summed E-state index contributed by atoms with van der Waals surface area (Å²) in [6.45, 7) is 0.457. The quantitative estimate of drug-likeness (QED) is 0.569. The summed E-state index contributed by atoms with van der Waals surface area (Å²) in [5.74, 6) is 0.637. The van der Waals surface area contributed by atoms with Crippen LogP contribution in [-0.4, -0.2) is 18.3 Å². The maximum Gasteiger partial charge on any atom is 0.306 e. The van der Waals surface area contributed by atoms with Crippen LogP contribution in [0, 0.1) is 0 Å². The maximum absolute atomic E-state index is 11.6. The lowest BCUT2D eigenvalue weighted by atomic mass is 10.2. The predicted molar refractivity (Wildman–Crippen MR) is 82.9 cm³/mol. The minimum absolute atomic E-state index is 0.121. The highest BCUT2D eigenvalue weighted by Gasteiger charge is 2.03. The van der Waals surface area contributed by atoms with E-state index in [4.69, 9.17) is 4.74 Å². The zero-order valence-electron chi connectivity index (χ0n) is 11.3. The van der Waals surface area contributed by atoms with Gasteiger partial charge in [-0.25, -0.2) is 0 Å². The topological polar surface area (TPSA) is 26.3 Å². The second-order valence-corrected chi connectivity index (χ2v) is 5.54. The van der Waals surface area contributed by atoms with Crippen molar-refractivity contribution in [1.82, 2.24) is 0 Å². The van der Waals surface area contributed by atoms with E-state index in [1.807, 2.05) is 60.7 Å². The van der Waals surface area contributed by atoms with Gasteiger partial charge in [0.1, 0.15) is 0 Å². The van der Waals surface area contributed by atoms with Crippen molar-refractivity contribution in [3.8, 4) is 0 Å². The van der Waals surface area contributed by atoms with Gasteiger partial charge in [-0.05, 0) is 17.7 Å². The first kappa shape index (κ1) is 14.7. The van der Waals surface area contributed by atoms with Gasteiger partial charge in [-0.2, -0.15) is 0 Å². The first-order chi connectivity index (χ1) is 9.84. The lowest BCUT2D eigenvalue weighted by Gasteiger charge is -2.05. The average molecular weight is 286 g/mol. The van der Waals surface area contributed by atoms with Crippen LogP contribution < -0.4 is 0 Å². The van der Waals surface area contributed by atoms with Crippen molar-refractivity contribution in [2.75, 3.05) is 12.4 Å². The molecule has 2 rings (SSSR count). The Balaban J connectivity index is 1.59. The standard InChI is InChI=1S/C17H18O2S/c18-17(12-14-20-16-9-5-2-6-10-16)19-13-11-15-7-3-1-4-8-15/h1-10H,11-14H2. The normalized spacial score (nSPS) is 10.2. The lowest BCUT2D eigenvalue weighted by molar-refractivity contribution is -0.143. The van der Waals surface area contributed by atoms with Gasteiger partial charge in [-0.15, -0.1) is 11.8 Å². The second kappa shape index (κ2) is 8.43. The molecule has 0 N–H and O–H groups in total. The van der Waals surface area contributed by atoms with Gasteiger partial charge in [0.2, 0.25) is 0 Å². The Labute approximate surface area is 124 Å². The molecule has 2 nitrogen and oxygen atoms in total. The minimum atomic E-state index is -0.121. The molecule has 0 aliphatic heterocycles. The van der Waals surface area contributed by atoms with E-state index in [1.54, 1.807) is 11.8 Å². The SMILES string of the molecule is O=C(CCSc1ccccc1)OCCc1ccccc1. The van der Waals surface area contributed by atoms with E-state index in [0.29, 0.717) is 13.0 Å². The van der Waals surface area contributed by atoms with Crippen LogP contribution in [-0.2, 0) is 16.0 Å². The highest BCUT2D eigenvalue weighted by Crippen LogP contribution is 2.17. The zero-order chi connectivity index (χ0) is 14.0. The van der Waals surface area contributed by atoms with Gasteiger partial charge in [-0.3, -0.25) is 4.79 Å². The molecule has 0 aromatic heterocycles. The van der Waals surface area contributed by atoms with Gasteiger partial charge in [0.05, 0.1) is 13.0 Å². The van der Waals surface area contributed by atoms with E-state index >= 15 is 0 Å². The zero-order valence-corrected chi connectivity index (χ0v) is 12.1. The van der Waals surface area contributed by atoms with E-state index in [2.05, 4.69) is 0 Å². The Hall–Kier alpha value is -1.74. The van der Waals surface area contributed by atoms with Crippen LogP contribution in [0.4, 0.5) is 0 Å². The molecule has 0 atom stereocenters. The predicted octanol–water partition coefficient (Wildman–Crippen LogP) is 3.95. The first-order valence-electron chi connectivity index (χ1n) is 6.72. The molecule has 2 aromatic carbocycles. The van der Waals surface area contributed by atoms with Crippen LogP contribution in [0.25, 0.3) is 0 Å². The largest absolute Gasteiger partial charge is 0.465 e. The summed E-state index contributed by atoms with van der Waals surface area (Å²) in [6.07, 6.45) is 1.23. The fraction of sp³-hybridized carbons (Fsp3) is 0.235. The first-order valence-corrected chi connectivity index (χ1v) is 7.70. The average Bonchev–Trinajstić information content (AvgIpc) is 2.49. The summed E-state index contributed by atoms with van der Waals surface area (Å²) in [5.41, 5.74) is 1.19. The van der Waals surface area contributed by atoms with Crippen molar-refractivity contribution in [2.45, 2.75) is 17.7 Å². The number of carbonyl (C=O) groups excluding carboxylic acids is 1. The molecule has 2 aromatic rings. The van der Waals surface area contributed by atoms with Crippen LogP contribution in [0.15, 0.2) is 65.6 Å². The molecule has 0 saturated heterocycles. The van der Waals surface area contributed by atoms with Crippen LogP contribution in [0.2, 0.25) is 0 Å². The molecule has 0 unspecified atom stereocenters. The summed E-state index contributed by atoms with van der Waals surface area (Å²) < 4.78 is 5.23. The lowest BCUT2D eigenvalue weighted by Crippen LogP contribution is -2.08. The molecule has 3 heteroatoms. The number of carbonyl (C=O) groups is 1. The third kappa shape index (κ3) is 5.49. The third-order valence-corrected chi connectivity index (χ3v) is 3.83. The Morgan fingerprint density at radius 3 is 2.30 bits per heavy atom. The van der Waals surface area contributed by atoms with E-state index in [9.17, 15) is 4.79 Å². The molecule has 0 spiro atoms. The fourth-order valence-electron chi connectivity index (χ4n) is 1.77. The molecular weight excluding hydrogens is 268 g/mol. The molecule has 0 amide bonds. The van der Waals surface area contributed by atoms with Gasteiger partial charge in [-0.1, -0.05) is 48.5 Å². The molecule has 0 aliphatic rings. The van der Waals surface area contributed by atoms with E-state index in [0.717, 1.165) is 12.2 Å². The van der Waals surface area contributed by atoms with E-state index in [1.165, 1.54) is 10.5 Å². The highest BCUT2D eigenvalue weighted by atomic mass is 32.2. The van der Waals surface area contributed by atoms with E-state index in [-0.39, 0.29) is 5.97 Å². The molecule has 0 saturated carbocycles. The summed E-state index contributed by atoms with van der Waals surface area (Å²) >= 11 is 1.68. The van der Waals surface area contributed by atoms with Crippen molar-refractivity contribution in [2.24, 2.45) is 0 Å². The van der Waals surface area contributed by atoms with Gasteiger partial charge >= 0.3 is 5.97 Å². The number of thioether (sulfide) groups is 1. The molecule has 20 heavy (non-hydrogen) atoms. The summed E-state index contributed by atoms with van der Waals surface area (Å²) in [4.78, 5) is 12.8. The van der Waals surface area contributed by atoms with Crippen molar-refractivity contribution in [3.63, 3.8) is 0 Å². The smallest absolute Gasteiger partial charge is 0.306 e. The summed E-state index contributed by atoms with van der Waals surface area (Å²) in [5, 5.41) is 0. The minimum Gasteiger partial charge on any atom is -0.465 e. The monoisotopic (exact) mass is 286 g/mol. The Morgan fingerprint density at radius 1 is 0.950 bits per heavy atom. The molecule has 0 bridgehead atoms. The molecule has 0 heterocycles. The van der Waals surface area contributed by atoms with Crippen molar-refractivity contribution in [1.29, 1.82) is 0 Å². The van der Waals surface area contributed by atoms with Gasteiger partial charge < -0.3 is 4.74 Å². The van der Waals surface area contributed by atoms with Crippen LogP contribution >= 0.6 is 11.8 Å². The highest BCUT2D eigenvalue weighted by molar-refractivity contribution is 7.99. The van der Waals surface area contributed by atoms with Crippen LogP contribution in [0.1, 0.15) is 12.0 Å². The fourth-order valence-corrected chi connectivity index (χ4v) is 2.62. The number of rotatable bonds is 7. The summed E-state index contributed by atoms with van der Waals surface area (Å²) in [7, 11) is 0. The maximum atomic E-state index is 11.6. The van der Waals surface area contributed by atoms with Crippen molar-refractivity contribution in [3.05, 3.63) is 66.2 Å². The van der Waals surface area contributed by atoms with E-state index < -0.39 is 0 Å². The Kier molecular flexibility index (Phi) is 6.18. The number of benzene rings is 2. The molecule has 0 fully saturated rings. The third-order valence-electron chi connectivity index (χ3n) is 2.81. The Bertz CT molecular complexity index is 464. The van der Waals surface area contributed by atoms with Crippen molar-refractivity contribution < 1.29 is 9.53 Å². The number of hydrogen-bond acceptors (Lipinski definition) is 3. The molecule has 0 aliphatic carbocycles. The number of hydrogen-bond donors (Lipinski definition) is 0. The Morgan fingerprint density at radius 2 is 1.60 bits per heavy atom. The number of esters is 1. The van der Waals surface area contributed by atoms with Crippen molar-refractivity contribution >= 4 is 17.7 Å². The summed E-state index contributed by atoms with van der Waals surface area (Å²) in [6, 6.07) is 20.1. The molecule has 0 radical (unpaired) electrons. The van der Waals surface area contributed by atoms with Crippen LogP contribution in [0.5, 0.6) is 0 Å². The van der Waals surface area contributed by atoms with Crippen LogP contribution in [0.3, 0.4) is 0 Å². The second-order valence-electron chi connectivity index (χ2n) is 4.37. The van der Waals surface area contributed by atoms with Gasteiger partial charge in [0.25, 0.3) is 0 Å². The molecular formula is C17H18O2S. The van der Waals surface area contributed by atoms with Gasteiger partial charge in [0.15, 0.2) is 0 Å².